The van der Waals surface area contributed by atoms with Crippen LogP contribution in [0.4, 0.5) is 8.78 Å². The second kappa shape index (κ2) is 4.82. The zero-order valence-corrected chi connectivity index (χ0v) is 9.64. The zero-order valence-electron chi connectivity index (χ0n) is 8.88. The maximum atomic E-state index is 13.6. The minimum atomic E-state index is -0.894. The molecule has 17 heavy (non-hydrogen) atoms. The molecule has 0 amide bonds. The Morgan fingerprint density at radius 3 is 2.47 bits per heavy atom. The lowest BCUT2D eigenvalue weighted by Crippen LogP contribution is -1.96. The summed E-state index contributed by atoms with van der Waals surface area (Å²) in [6.07, 6.45) is 0. The average molecular weight is 254 g/mol. The van der Waals surface area contributed by atoms with Crippen molar-refractivity contribution >= 4 is 11.6 Å². The summed E-state index contributed by atoms with van der Waals surface area (Å²) in [5.74, 6) is -1.78. The van der Waals surface area contributed by atoms with Gasteiger partial charge in [-0.25, -0.2) is 8.78 Å². The third kappa shape index (κ3) is 2.30. The molecule has 0 aliphatic heterocycles. The van der Waals surface area contributed by atoms with E-state index < -0.39 is 11.6 Å². The molecule has 0 radical (unpaired) electrons. The molecule has 1 nitrogen and oxygen atoms in total. The normalized spacial score (nSPS) is 10.6. The van der Waals surface area contributed by atoms with Crippen LogP contribution in [0.1, 0.15) is 5.56 Å². The van der Waals surface area contributed by atoms with E-state index >= 15 is 0 Å². The highest BCUT2D eigenvalue weighted by Gasteiger charge is 2.12. The van der Waals surface area contributed by atoms with E-state index in [1.54, 1.807) is 18.2 Å². The molecule has 88 valence electrons. The average Bonchev–Trinajstić information content (AvgIpc) is 2.33. The number of hydrogen-bond acceptors (Lipinski definition) is 1. The van der Waals surface area contributed by atoms with E-state index in [4.69, 9.17) is 17.3 Å². The molecular weight excluding hydrogens is 244 g/mol. The van der Waals surface area contributed by atoms with Gasteiger partial charge in [0, 0.05) is 22.7 Å². The van der Waals surface area contributed by atoms with Gasteiger partial charge in [0.25, 0.3) is 0 Å². The minimum absolute atomic E-state index is 0.151. The Morgan fingerprint density at radius 1 is 1.06 bits per heavy atom. The summed E-state index contributed by atoms with van der Waals surface area (Å²) in [4.78, 5) is 0. The third-order valence-corrected chi connectivity index (χ3v) is 2.82. The maximum Gasteiger partial charge on any atom is 0.166 e. The van der Waals surface area contributed by atoms with Crippen molar-refractivity contribution in [2.24, 2.45) is 5.73 Å². The van der Waals surface area contributed by atoms with E-state index in [1.807, 2.05) is 0 Å². The van der Waals surface area contributed by atoms with Crippen molar-refractivity contribution in [1.29, 1.82) is 0 Å². The molecule has 0 bridgehead atoms. The van der Waals surface area contributed by atoms with Crippen molar-refractivity contribution in [3.63, 3.8) is 0 Å². The number of hydrogen-bond donors (Lipinski definition) is 1. The standard InChI is InChI=1S/C13H10ClF2N/c14-11-6-8(7-17)4-5-9(11)10-2-1-3-12(15)13(10)16/h1-6H,7,17H2. The van der Waals surface area contributed by atoms with Crippen LogP contribution in [0, 0.1) is 11.6 Å². The summed E-state index contributed by atoms with van der Waals surface area (Å²) in [7, 11) is 0. The Kier molecular flexibility index (Phi) is 3.41. The largest absolute Gasteiger partial charge is 0.326 e. The predicted octanol–water partition coefficient (Wildman–Crippen LogP) is 3.74. The van der Waals surface area contributed by atoms with Crippen molar-refractivity contribution in [1.82, 2.24) is 0 Å². The van der Waals surface area contributed by atoms with Gasteiger partial charge in [0.05, 0.1) is 0 Å². The lowest BCUT2D eigenvalue weighted by molar-refractivity contribution is 0.511. The molecule has 2 aromatic carbocycles. The van der Waals surface area contributed by atoms with Crippen molar-refractivity contribution in [3.8, 4) is 11.1 Å². The first-order chi connectivity index (χ1) is 8.13. The van der Waals surface area contributed by atoms with Gasteiger partial charge in [-0.1, -0.05) is 35.9 Å². The first-order valence-electron chi connectivity index (χ1n) is 5.06. The molecule has 0 saturated heterocycles. The van der Waals surface area contributed by atoms with Crippen LogP contribution in [-0.2, 0) is 6.54 Å². The quantitative estimate of drug-likeness (QED) is 0.867. The molecule has 2 rings (SSSR count). The van der Waals surface area contributed by atoms with Gasteiger partial charge in [-0.05, 0) is 17.7 Å². The van der Waals surface area contributed by atoms with E-state index in [-0.39, 0.29) is 5.56 Å². The topological polar surface area (TPSA) is 26.0 Å². The van der Waals surface area contributed by atoms with Crippen molar-refractivity contribution in [2.45, 2.75) is 6.54 Å². The van der Waals surface area contributed by atoms with Crippen LogP contribution in [0.3, 0.4) is 0 Å². The van der Waals surface area contributed by atoms with Crippen molar-refractivity contribution < 1.29 is 8.78 Å². The van der Waals surface area contributed by atoms with E-state index in [2.05, 4.69) is 0 Å². The fourth-order valence-electron chi connectivity index (χ4n) is 1.62. The van der Waals surface area contributed by atoms with Gasteiger partial charge in [-0.15, -0.1) is 0 Å². The number of halogens is 3. The molecule has 0 atom stereocenters. The van der Waals surface area contributed by atoms with Crippen LogP contribution < -0.4 is 5.73 Å². The summed E-state index contributed by atoms with van der Waals surface area (Å²) >= 11 is 6.02. The minimum Gasteiger partial charge on any atom is -0.326 e. The maximum absolute atomic E-state index is 13.6. The van der Waals surface area contributed by atoms with Crippen LogP contribution in [0.25, 0.3) is 11.1 Å². The summed E-state index contributed by atoms with van der Waals surface area (Å²) in [6, 6.07) is 9.04. The van der Waals surface area contributed by atoms with Gasteiger partial charge < -0.3 is 5.73 Å². The molecule has 0 saturated carbocycles. The molecule has 0 aliphatic rings. The van der Waals surface area contributed by atoms with E-state index in [1.165, 1.54) is 12.1 Å². The molecule has 0 heterocycles. The highest BCUT2D eigenvalue weighted by Crippen LogP contribution is 2.31. The van der Waals surface area contributed by atoms with Crippen LogP contribution in [0.5, 0.6) is 0 Å². The zero-order chi connectivity index (χ0) is 12.4. The third-order valence-electron chi connectivity index (χ3n) is 2.51. The molecule has 0 aromatic heterocycles. The number of benzene rings is 2. The van der Waals surface area contributed by atoms with Gasteiger partial charge in [0.1, 0.15) is 0 Å². The fourth-order valence-corrected chi connectivity index (χ4v) is 1.92. The highest BCUT2D eigenvalue weighted by molar-refractivity contribution is 6.33. The molecular formula is C13H10ClF2N. The second-order valence-corrected chi connectivity index (χ2v) is 4.03. The summed E-state index contributed by atoms with van der Waals surface area (Å²) < 4.78 is 26.7. The Hall–Kier alpha value is -1.45. The smallest absolute Gasteiger partial charge is 0.166 e. The summed E-state index contributed by atoms with van der Waals surface area (Å²) in [5.41, 5.74) is 6.92. The SMILES string of the molecule is NCc1ccc(-c2cccc(F)c2F)c(Cl)c1. The first kappa shape index (κ1) is 12.0. The Bertz CT molecular complexity index is 555. The molecule has 4 heteroatoms. The number of rotatable bonds is 2. The molecule has 0 spiro atoms. The van der Waals surface area contributed by atoms with Crippen molar-refractivity contribution in [2.75, 3.05) is 0 Å². The highest BCUT2D eigenvalue weighted by atomic mass is 35.5. The molecule has 0 fully saturated rings. The van der Waals surface area contributed by atoms with Crippen LogP contribution in [0.2, 0.25) is 5.02 Å². The summed E-state index contributed by atoms with van der Waals surface area (Å²) in [6.45, 7) is 0.353. The van der Waals surface area contributed by atoms with Gasteiger partial charge >= 0.3 is 0 Å². The first-order valence-corrected chi connectivity index (χ1v) is 5.44. The Balaban J connectivity index is 2.57. The van der Waals surface area contributed by atoms with Crippen LogP contribution in [0.15, 0.2) is 36.4 Å². The fraction of sp³-hybridized carbons (Fsp3) is 0.0769. The second-order valence-electron chi connectivity index (χ2n) is 3.62. The lowest BCUT2D eigenvalue weighted by atomic mass is 10.0. The van der Waals surface area contributed by atoms with Gasteiger partial charge in [0.15, 0.2) is 11.6 Å². The number of nitrogens with two attached hydrogens (primary N) is 1. The molecule has 0 aliphatic carbocycles. The van der Waals surface area contributed by atoms with Gasteiger partial charge in [0.2, 0.25) is 0 Å². The van der Waals surface area contributed by atoms with E-state index in [0.29, 0.717) is 17.1 Å². The monoisotopic (exact) mass is 253 g/mol. The lowest BCUT2D eigenvalue weighted by Gasteiger charge is -2.08. The van der Waals surface area contributed by atoms with Crippen molar-refractivity contribution in [3.05, 3.63) is 58.6 Å². The van der Waals surface area contributed by atoms with E-state index in [0.717, 1.165) is 11.6 Å². The van der Waals surface area contributed by atoms with Crippen LogP contribution >= 0.6 is 11.6 Å². The summed E-state index contributed by atoms with van der Waals surface area (Å²) in [5, 5.41) is 0.359. The Labute approximate surface area is 103 Å². The molecule has 2 N–H and O–H groups in total. The predicted molar refractivity (Wildman–Crippen MR) is 64.7 cm³/mol. The Morgan fingerprint density at radius 2 is 1.82 bits per heavy atom. The van der Waals surface area contributed by atoms with Crippen LogP contribution in [-0.4, -0.2) is 0 Å². The molecule has 2 aromatic rings. The van der Waals surface area contributed by atoms with E-state index in [9.17, 15) is 8.78 Å². The van der Waals surface area contributed by atoms with Gasteiger partial charge in [-0.3, -0.25) is 0 Å². The van der Waals surface area contributed by atoms with Gasteiger partial charge in [-0.2, -0.15) is 0 Å². The molecule has 0 unspecified atom stereocenters.